The minimum absolute atomic E-state index is 0.336. The topological polar surface area (TPSA) is 44.9 Å². The van der Waals surface area contributed by atoms with Gasteiger partial charge in [0.1, 0.15) is 17.3 Å². The van der Waals surface area contributed by atoms with E-state index in [4.69, 9.17) is 14.8 Å². The molecule has 0 amide bonds. The van der Waals surface area contributed by atoms with E-state index in [0.717, 1.165) is 66.1 Å². The lowest BCUT2D eigenvalue weighted by atomic mass is 9.74. The van der Waals surface area contributed by atoms with Crippen LogP contribution in [0.25, 0.3) is 33.3 Å². The molecule has 3 aromatic carbocycles. The Balaban J connectivity index is 1.35. The molecule has 0 saturated heterocycles. The molecular formula is C45H52N4O. The zero-order valence-electron chi connectivity index (χ0n) is 31.0. The molecule has 258 valence electrons. The highest BCUT2D eigenvalue weighted by Crippen LogP contribution is 2.43. The molecule has 0 fully saturated rings. The van der Waals surface area contributed by atoms with E-state index in [1.165, 1.54) is 57.3 Å². The number of rotatable bonds is 11. The van der Waals surface area contributed by atoms with Crippen molar-refractivity contribution in [2.75, 3.05) is 0 Å². The quantitative estimate of drug-likeness (QED) is 0.129. The number of aromatic nitrogens is 4. The zero-order valence-corrected chi connectivity index (χ0v) is 31.0. The fourth-order valence-electron chi connectivity index (χ4n) is 8.14. The van der Waals surface area contributed by atoms with Crippen molar-refractivity contribution in [3.8, 4) is 23.0 Å². The number of pyridine rings is 1. The molecule has 50 heavy (non-hydrogen) atoms. The molecule has 0 radical (unpaired) electrons. The Morgan fingerprint density at radius 2 is 1.66 bits per heavy atom. The molecule has 5 nitrogen and oxygen atoms in total. The Hall–Kier alpha value is -4.64. The van der Waals surface area contributed by atoms with Crippen LogP contribution in [0.2, 0.25) is 0 Å². The van der Waals surface area contributed by atoms with Gasteiger partial charge >= 0.3 is 0 Å². The summed E-state index contributed by atoms with van der Waals surface area (Å²) >= 11 is 0. The van der Waals surface area contributed by atoms with Gasteiger partial charge in [-0.3, -0.25) is 4.57 Å². The summed E-state index contributed by atoms with van der Waals surface area (Å²) in [6, 6.07) is 26.1. The summed E-state index contributed by atoms with van der Waals surface area (Å²) in [5.41, 5.74) is 11.4. The lowest BCUT2D eigenvalue weighted by Gasteiger charge is -2.30. The highest BCUT2D eigenvalue weighted by Gasteiger charge is 2.31. The van der Waals surface area contributed by atoms with E-state index in [1.54, 1.807) is 0 Å². The molecule has 0 saturated carbocycles. The number of ether oxygens (including phenoxy) is 1. The third-order valence-corrected chi connectivity index (χ3v) is 10.7. The third-order valence-electron chi connectivity index (χ3n) is 10.7. The molecule has 6 aromatic rings. The van der Waals surface area contributed by atoms with Crippen LogP contribution < -0.4 is 4.74 Å². The van der Waals surface area contributed by atoms with Gasteiger partial charge in [0.05, 0.1) is 22.4 Å². The summed E-state index contributed by atoms with van der Waals surface area (Å²) in [6.07, 6.45) is 11.9. The van der Waals surface area contributed by atoms with Crippen molar-refractivity contribution in [1.29, 1.82) is 0 Å². The number of aryl methyl sites for hydroxylation is 2. The molecule has 2 atom stereocenters. The molecule has 0 aliphatic heterocycles. The monoisotopic (exact) mass is 664 g/mol. The Morgan fingerprint density at radius 3 is 2.42 bits per heavy atom. The number of hydrogen-bond donors (Lipinski definition) is 0. The summed E-state index contributed by atoms with van der Waals surface area (Å²) in [6.45, 7) is 16.0. The molecule has 5 heteroatoms. The highest BCUT2D eigenvalue weighted by molar-refractivity contribution is 6.09. The average molecular weight is 665 g/mol. The number of hydrogen-bond acceptors (Lipinski definition) is 3. The van der Waals surface area contributed by atoms with Crippen LogP contribution >= 0.6 is 0 Å². The van der Waals surface area contributed by atoms with Crippen molar-refractivity contribution in [3.05, 3.63) is 119 Å². The van der Waals surface area contributed by atoms with E-state index in [2.05, 4.69) is 137 Å². The molecule has 3 heterocycles. The van der Waals surface area contributed by atoms with Crippen LogP contribution in [0, 0.1) is 5.92 Å². The maximum atomic E-state index is 6.82. The van der Waals surface area contributed by atoms with Crippen molar-refractivity contribution in [2.24, 2.45) is 5.92 Å². The number of benzene rings is 3. The summed E-state index contributed by atoms with van der Waals surface area (Å²) in [7, 11) is 0. The fraction of sp³-hybridized carbons (Fsp3) is 0.378. The Labute approximate surface area is 298 Å². The summed E-state index contributed by atoms with van der Waals surface area (Å²) in [5, 5.41) is 7.82. The van der Waals surface area contributed by atoms with E-state index >= 15 is 0 Å². The van der Waals surface area contributed by atoms with Crippen molar-refractivity contribution in [1.82, 2.24) is 19.3 Å². The number of allylic oxidation sites excluding steroid dienone is 2. The molecule has 7 rings (SSSR count). The maximum Gasteiger partial charge on any atom is 0.137 e. The van der Waals surface area contributed by atoms with Crippen LogP contribution in [0.15, 0.2) is 90.6 Å². The lowest BCUT2D eigenvalue weighted by molar-refractivity contribution is 0.445. The third kappa shape index (κ3) is 6.27. The Morgan fingerprint density at radius 1 is 0.860 bits per heavy atom. The standard InChI is InChI=1S/C45H52N4O/c1-8-14-39-45(44-30(6)16-13-17-31(44)7)41(15-9-2)49(47-39)34-25-33(29(4)5)26-36(27-34)50-35-20-21-38-37-18-11-12-19-40(37)48(42(38)28-35)43-24-32(10-3)22-23-46-43/h11-12,16,18-29,31,44H,8-10,13-15,17H2,1-7H3/t31-,44?/m0/s1. The second-order valence-corrected chi connectivity index (χ2v) is 14.6. The van der Waals surface area contributed by atoms with E-state index in [-0.39, 0.29) is 0 Å². The lowest BCUT2D eigenvalue weighted by Crippen LogP contribution is -2.18. The summed E-state index contributed by atoms with van der Waals surface area (Å²) in [5.74, 6) is 3.93. The van der Waals surface area contributed by atoms with Gasteiger partial charge in [0, 0.05) is 46.3 Å². The number of para-hydroxylation sites is 1. The van der Waals surface area contributed by atoms with Gasteiger partial charge in [0.2, 0.25) is 0 Å². The van der Waals surface area contributed by atoms with E-state index in [0.29, 0.717) is 17.8 Å². The average Bonchev–Trinajstić information content (AvgIpc) is 3.63. The Bertz CT molecular complexity index is 2180. The maximum absolute atomic E-state index is 6.82. The van der Waals surface area contributed by atoms with Gasteiger partial charge in [-0.2, -0.15) is 5.10 Å². The van der Waals surface area contributed by atoms with Crippen LogP contribution in [0.3, 0.4) is 0 Å². The van der Waals surface area contributed by atoms with Crippen LogP contribution in [0.4, 0.5) is 0 Å². The number of fused-ring (bicyclic) bond motifs is 3. The molecule has 1 unspecified atom stereocenters. The second-order valence-electron chi connectivity index (χ2n) is 14.6. The van der Waals surface area contributed by atoms with Crippen LogP contribution in [-0.4, -0.2) is 19.3 Å². The van der Waals surface area contributed by atoms with Crippen molar-refractivity contribution in [2.45, 2.75) is 105 Å². The SMILES string of the molecule is CCCc1nn(-c2cc(Oc3ccc4c5ccccc5n(-c5cc(CC)ccn5)c4c3)cc(C(C)C)c2)c(CCC)c1C1C(C)=CCC[C@@H]1C. The second kappa shape index (κ2) is 14.3. The van der Waals surface area contributed by atoms with Gasteiger partial charge in [0.15, 0.2) is 0 Å². The van der Waals surface area contributed by atoms with Crippen molar-refractivity contribution >= 4 is 21.8 Å². The zero-order chi connectivity index (χ0) is 34.9. The fourth-order valence-corrected chi connectivity index (χ4v) is 8.14. The normalized spacial score (nSPS) is 16.4. The van der Waals surface area contributed by atoms with Crippen LogP contribution in [0.1, 0.15) is 114 Å². The predicted molar refractivity (Wildman–Crippen MR) is 209 cm³/mol. The van der Waals surface area contributed by atoms with Crippen molar-refractivity contribution in [3.63, 3.8) is 0 Å². The van der Waals surface area contributed by atoms with Gasteiger partial charge in [-0.15, -0.1) is 0 Å². The van der Waals surface area contributed by atoms with Crippen LogP contribution in [0.5, 0.6) is 11.5 Å². The Kier molecular flexibility index (Phi) is 9.68. The smallest absolute Gasteiger partial charge is 0.137 e. The van der Waals surface area contributed by atoms with Crippen molar-refractivity contribution < 1.29 is 4.74 Å². The summed E-state index contributed by atoms with van der Waals surface area (Å²) < 4.78 is 11.4. The molecule has 1 aliphatic carbocycles. The molecule has 0 bridgehead atoms. The number of nitrogens with zero attached hydrogens (tertiary/aromatic N) is 4. The van der Waals surface area contributed by atoms with E-state index < -0.39 is 0 Å². The molecule has 0 N–H and O–H groups in total. The molecule has 1 aliphatic rings. The highest BCUT2D eigenvalue weighted by atomic mass is 16.5. The minimum Gasteiger partial charge on any atom is -0.457 e. The van der Waals surface area contributed by atoms with E-state index in [9.17, 15) is 0 Å². The van der Waals surface area contributed by atoms with Gasteiger partial charge in [0.25, 0.3) is 0 Å². The first-order valence-corrected chi connectivity index (χ1v) is 18.9. The first kappa shape index (κ1) is 33.8. The first-order valence-electron chi connectivity index (χ1n) is 18.9. The predicted octanol–water partition coefficient (Wildman–Crippen LogP) is 12.2. The first-order chi connectivity index (χ1) is 24.3. The molecule has 3 aromatic heterocycles. The van der Waals surface area contributed by atoms with E-state index in [1.807, 2.05) is 6.20 Å². The summed E-state index contributed by atoms with van der Waals surface area (Å²) in [4.78, 5) is 4.82. The molecule has 0 spiro atoms. The van der Waals surface area contributed by atoms with Gasteiger partial charge in [-0.1, -0.05) is 84.2 Å². The van der Waals surface area contributed by atoms with Gasteiger partial charge < -0.3 is 4.74 Å². The van der Waals surface area contributed by atoms with Gasteiger partial charge in [-0.05, 0) is 104 Å². The van der Waals surface area contributed by atoms with Gasteiger partial charge in [-0.25, -0.2) is 9.67 Å². The molecular weight excluding hydrogens is 613 g/mol. The largest absolute Gasteiger partial charge is 0.457 e. The van der Waals surface area contributed by atoms with Crippen LogP contribution in [-0.2, 0) is 19.3 Å². The minimum atomic E-state index is 0.336.